The lowest BCUT2D eigenvalue weighted by Gasteiger charge is -2.34. The summed E-state index contributed by atoms with van der Waals surface area (Å²) in [7, 11) is 0. The number of carbonyl (C=O) groups excluding carboxylic acids is 2. The van der Waals surface area contributed by atoms with E-state index in [0.29, 0.717) is 45.3 Å². The third-order valence-corrected chi connectivity index (χ3v) is 6.76. The minimum absolute atomic E-state index is 0.119. The Hall–Kier alpha value is -3.78. The van der Waals surface area contributed by atoms with Gasteiger partial charge in [-0.1, -0.05) is 0 Å². The van der Waals surface area contributed by atoms with Crippen LogP contribution in [-0.2, 0) is 5.66 Å². The Kier molecular flexibility index (Phi) is 4.32. The van der Waals surface area contributed by atoms with Gasteiger partial charge in [0.2, 0.25) is 0 Å². The molecule has 162 valence electrons. The zero-order valence-corrected chi connectivity index (χ0v) is 18.4. The topological polar surface area (TPSA) is 133 Å². The average molecular weight is 449 g/mol. The van der Waals surface area contributed by atoms with Crippen LogP contribution in [0.5, 0.6) is 0 Å². The van der Waals surface area contributed by atoms with E-state index in [1.165, 1.54) is 22.2 Å². The molecule has 1 fully saturated rings. The number of nitrogens with zero attached hydrogens (tertiary/aromatic N) is 5. The van der Waals surface area contributed by atoms with Crippen LogP contribution in [0.3, 0.4) is 0 Å². The molecule has 1 saturated heterocycles. The van der Waals surface area contributed by atoms with Crippen molar-refractivity contribution in [2.45, 2.75) is 26.4 Å². The molecule has 3 aromatic heterocycles. The van der Waals surface area contributed by atoms with Crippen molar-refractivity contribution in [1.29, 1.82) is 5.26 Å². The van der Waals surface area contributed by atoms with E-state index in [1.54, 1.807) is 37.8 Å². The Balaban J connectivity index is 1.52. The van der Waals surface area contributed by atoms with E-state index < -0.39 is 5.66 Å². The molecule has 32 heavy (non-hydrogen) atoms. The number of aromatic nitrogens is 3. The lowest BCUT2D eigenvalue weighted by molar-refractivity contribution is 0.0582. The Bertz CT molecular complexity index is 1410. The maximum Gasteiger partial charge on any atom is 0.276 e. The molecule has 0 aromatic carbocycles. The van der Waals surface area contributed by atoms with Crippen molar-refractivity contribution < 1.29 is 9.59 Å². The zero-order chi connectivity index (χ0) is 22.8. The summed E-state index contributed by atoms with van der Waals surface area (Å²) in [5, 5.41) is 15.4. The van der Waals surface area contributed by atoms with E-state index in [2.05, 4.69) is 26.7 Å². The van der Waals surface area contributed by atoms with Crippen molar-refractivity contribution in [3.05, 3.63) is 44.9 Å². The molecule has 2 aliphatic rings. The van der Waals surface area contributed by atoms with Gasteiger partial charge in [-0.05, 0) is 38.5 Å². The number of hydrogen-bond donors (Lipinski definition) is 2. The van der Waals surface area contributed by atoms with Crippen LogP contribution >= 0.6 is 11.3 Å². The van der Waals surface area contributed by atoms with Crippen molar-refractivity contribution in [3.8, 4) is 6.07 Å². The Labute approximate surface area is 186 Å². The number of carbonyl (C=O) groups is 2. The second kappa shape index (κ2) is 6.86. The Morgan fingerprint density at radius 1 is 1.31 bits per heavy atom. The maximum absolute atomic E-state index is 13.2. The number of hydrogen-bond acceptors (Lipinski definition) is 8. The second-order valence-electron chi connectivity index (χ2n) is 8.46. The number of likely N-dealkylation sites (tertiary alicyclic amines) is 1. The van der Waals surface area contributed by atoms with Gasteiger partial charge in [0.25, 0.3) is 17.4 Å². The molecule has 0 radical (unpaired) electrons. The van der Waals surface area contributed by atoms with Crippen molar-refractivity contribution in [2.24, 2.45) is 5.92 Å². The highest BCUT2D eigenvalue weighted by molar-refractivity contribution is 7.20. The highest BCUT2D eigenvalue weighted by atomic mass is 32.1. The van der Waals surface area contributed by atoms with E-state index in [9.17, 15) is 14.4 Å². The van der Waals surface area contributed by atoms with Crippen LogP contribution in [0.4, 0.5) is 11.5 Å². The van der Waals surface area contributed by atoms with Crippen molar-refractivity contribution in [3.63, 3.8) is 0 Å². The minimum atomic E-state index is -0.854. The molecule has 0 saturated carbocycles. The third-order valence-electron chi connectivity index (χ3n) is 5.73. The van der Waals surface area contributed by atoms with Gasteiger partial charge in [0, 0.05) is 13.1 Å². The summed E-state index contributed by atoms with van der Waals surface area (Å²) in [4.78, 5) is 49.5. The molecule has 0 unspecified atom stereocenters. The van der Waals surface area contributed by atoms with Gasteiger partial charge in [-0.15, -0.1) is 11.3 Å². The number of amides is 2. The van der Waals surface area contributed by atoms with Gasteiger partial charge in [0.1, 0.15) is 34.0 Å². The highest BCUT2D eigenvalue weighted by Crippen LogP contribution is 2.32. The number of aryl methyl sites for hydroxylation is 1. The van der Waals surface area contributed by atoms with Crippen LogP contribution in [0.25, 0.3) is 10.2 Å². The number of thiophene rings is 1. The predicted molar refractivity (Wildman–Crippen MR) is 118 cm³/mol. The number of pyridine rings is 1. The predicted octanol–water partition coefficient (Wildman–Crippen LogP) is 1.94. The first kappa shape index (κ1) is 20.1. The SMILES string of the molecule is Cc1cc(Nc2ncnc3sc(C(=O)N4CC(C#N)C4)cc23)c(=O)n2c1C(=O)NC2(C)C. The molecule has 0 bridgehead atoms. The summed E-state index contributed by atoms with van der Waals surface area (Å²) in [5.41, 5.74) is 0.0660. The van der Waals surface area contributed by atoms with Crippen LogP contribution in [0.1, 0.15) is 39.6 Å². The molecule has 0 spiro atoms. The molecule has 2 aliphatic heterocycles. The summed E-state index contributed by atoms with van der Waals surface area (Å²) in [6, 6.07) is 5.49. The number of rotatable bonds is 3. The molecular weight excluding hydrogens is 430 g/mol. The number of anilines is 2. The largest absolute Gasteiger partial charge is 0.335 e. The van der Waals surface area contributed by atoms with E-state index in [4.69, 9.17) is 5.26 Å². The monoisotopic (exact) mass is 449 g/mol. The lowest BCUT2D eigenvalue weighted by atomic mass is 10.0. The number of nitriles is 1. The van der Waals surface area contributed by atoms with Gasteiger partial charge in [-0.25, -0.2) is 9.97 Å². The Morgan fingerprint density at radius 2 is 2.06 bits per heavy atom. The van der Waals surface area contributed by atoms with Gasteiger partial charge < -0.3 is 15.5 Å². The van der Waals surface area contributed by atoms with Crippen molar-refractivity contribution in [2.75, 3.05) is 18.4 Å². The van der Waals surface area contributed by atoms with E-state index >= 15 is 0 Å². The van der Waals surface area contributed by atoms with Gasteiger partial charge in [0.15, 0.2) is 0 Å². The fraction of sp³-hybridized carbons (Fsp3) is 0.333. The van der Waals surface area contributed by atoms with Crippen LogP contribution in [0.2, 0.25) is 0 Å². The average Bonchev–Trinajstić information content (AvgIpc) is 3.23. The normalized spacial score (nSPS) is 16.9. The first-order valence-electron chi connectivity index (χ1n) is 9.99. The van der Waals surface area contributed by atoms with Crippen molar-refractivity contribution in [1.82, 2.24) is 24.8 Å². The fourth-order valence-electron chi connectivity index (χ4n) is 4.11. The number of fused-ring (bicyclic) bond motifs is 2. The molecule has 10 nitrogen and oxygen atoms in total. The van der Waals surface area contributed by atoms with Crippen LogP contribution in [-0.4, -0.2) is 44.3 Å². The Morgan fingerprint density at radius 3 is 2.78 bits per heavy atom. The first-order valence-corrected chi connectivity index (χ1v) is 10.8. The fourth-order valence-corrected chi connectivity index (χ4v) is 5.08. The van der Waals surface area contributed by atoms with Gasteiger partial charge in [-0.3, -0.25) is 19.0 Å². The summed E-state index contributed by atoms with van der Waals surface area (Å²) in [6.45, 7) is 6.15. The van der Waals surface area contributed by atoms with E-state index in [-0.39, 0.29) is 29.0 Å². The van der Waals surface area contributed by atoms with Crippen LogP contribution in [0.15, 0.2) is 23.3 Å². The van der Waals surface area contributed by atoms with Gasteiger partial charge >= 0.3 is 0 Å². The van der Waals surface area contributed by atoms with Crippen molar-refractivity contribution >= 4 is 44.9 Å². The lowest BCUT2D eigenvalue weighted by Crippen LogP contribution is -2.49. The summed E-state index contributed by atoms with van der Waals surface area (Å²) < 4.78 is 1.45. The molecule has 0 atom stereocenters. The maximum atomic E-state index is 13.2. The third kappa shape index (κ3) is 2.95. The van der Waals surface area contributed by atoms with Gasteiger partial charge in [-0.2, -0.15) is 5.26 Å². The van der Waals surface area contributed by atoms with Crippen LogP contribution < -0.4 is 16.2 Å². The summed E-state index contributed by atoms with van der Waals surface area (Å²) >= 11 is 1.24. The second-order valence-corrected chi connectivity index (χ2v) is 9.49. The molecule has 0 aliphatic carbocycles. The highest BCUT2D eigenvalue weighted by Gasteiger charge is 2.37. The van der Waals surface area contributed by atoms with Gasteiger partial charge in [0.05, 0.1) is 22.3 Å². The van der Waals surface area contributed by atoms with E-state index in [1.807, 2.05) is 0 Å². The molecule has 11 heteroatoms. The standard InChI is InChI=1S/C21H19N7O3S/c1-10-4-13(19(30)28-15(10)17(29)26-21(28,2)3)25-16-12-5-14(32-18(12)24-9-23-16)20(31)27-7-11(6-22)8-27/h4-5,9,11H,7-8H2,1-3H3,(H,26,29)(H,23,24,25). The first-order chi connectivity index (χ1) is 15.2. The molecule has 2 N–H and O–H groups in total. The smallest absolute Gasteiger partial charge is 0.276 e. The summed E-state index contributed by atoms with van der Waals surface area (Å²) in [6.07, 6.45) is 1.37. The molecule has 5 heterocycles. The molecule has 5 rings (SSSR count). The van der Waals surface area contributed by atoms with Crippen LogP contribution in [0, 0.1) is 24.2 Å². The molecule has 3 aromatic rings. The summed E-state index contributed by atoms with van der Waals surface area (Å²) in [5.74, 6) is -0.153. The molecule has 2 amide bonds. The zero-order valence-electron chi connectivity index (χ0n) is 17.6. The van der Waals surface area contributed by atoms with E-state index in [0.717, 1.165) is 0 Å². The molecular formula is C21H19N7O3S. The number of nitrogens with one attached hydrogen (secondary N) is 2. The quantitative estimate of drug-likeness (QED) is 0.624. The minimum Gasteiger partial charge on any atom is -0.335 e.